The third-order valence-corrected chi connectivity index (χ3v) is 5.45. The van der Waals surface area contributed by atoms with Crippen molar-refractivity contribution in [3.63, 3.8) is 0 Å². The average molecular weight is 358 g/mol. The number of hydrogen-bond acceptors (Lipinski definition) is 0. The lowest BCUT2D eigenvalue weighted by Gasteiger charge is -2.28. The van der Waals surface area contributed by atoms with Crippen LogP contribution in [-0.4, -0.2) is 6.67 Å². The van der Waals surface area contributed by atoms with Gasteiger partial charge in [0.2, 0.25) is 0 Å². The molecule has 0 nitrogen and oxygen atoms in total. The van der Waals surface area contributed by atoms with Crippen molar-refractivity contribution in [1.29, 1.82) is 0 Å². The number of allylic oxidation sites excluding steroid dienone is 2. The van der Waals surface area contributed by atoms with Crippen molar-refractivity contribution in [2.75, 3.05) is 6.67 Å². The van der Waals surface area contributed by atoms with E-state index in [9.17, 15) is 13.2 Å². The first-order valence-corrected chi connectivity index (χ1v) is 9.36. The van der Waals surface area contributed by atoms with Gasteiger partial charge in [-0.3, -0.25) is 0 Å². The first kappa shape index (κ1) is 18.8. The van der Waals surface area contributed by atoms with Crippen LogP contribution in [0.15, 0.2) is 60.7 Å². The Bertz CT molecular complexity index is 693. The summed E-state index contributed by atoms with van der Waals surface area (Å²) in [7, 11) is 0. The Hall–Kier alpha value is -2.03. The number of alkyl halides is 3. The van der Waals surface area contributed by atoms with Crippen molar-refractivity contribution in [2.45, 2.75) is 44.4 Å². The average Bonchev–Trinajstić information content (AvgIpc) is 2.69. The monoisotopic (exact) mass is 358 g/mol. The van der Waals surface area contributed by atoms with Gasteiger partial charge in [0.1, 0.15) is 6.67 Å². The maximum atomic E-state index is 12.7. The molecule has 26 heavy (non-hydrogen) atoms. The quantitative estimate of drug-likeness (QED) is 0.470. The van der Waals surface area contributed by atoms with Gasteiger partial charge < -0.3 is 0 Å². The van der Waals surface area contributed by atoms with E-state index in [4.69, 9.17) is 0 Å². The van der Waals surface area contributed by atoms with Crippen molar-refractivity contribution < 1.29 is 13.2 Å². The molecule has 1 aliphatic carbocycles. The minimum Gasteiger partial charge on any atom is -0.247 e. The third-order valence-electron chi connectivity index (χ3n) is 5.45. The molecule has 0 unspecified atom stereocenters. The van der Waals surface area contributed by atoms with E-state index in [0.29, 0.717) is 11.8 Å². The highest BCUT2D eigenvalue weighted by Crippen LogP contribution is 2.37. The minimum atomic E-state index is -2.42. The lowest BCUT2D eigenvalue weighted by molar-refractivity contribution is 0.151. The Kier molecular flexibility index (Phi) is 6.54. The van der Waals surface area contributed by atoms with Gasteiger partial charge in [0, 0.05) is 5.56 Å². The minimum absolute atomic E-state index is 0.0588. The Labute approximate surface area is 153 Å². The summed E-state index contributed by atoms with van der Waals surface area (Å²) in [5.74, 6) is 1.27. The van der Waals surface area contributed by atoms with Gasteiger partial charge in [-0.25, -0.2) is 13.2 Å². The molecular weight excluding hydrogens is 333 g/mol. The first-order valence-electron chi connectivity index (χ1n) is 9.36. The van der Waals surface area contributed by atoms with Gasteiger partial charge in [0.25, 0.3) is 6.43 Å². The molecule has 138 valence electrons. The number of halogens is 3. The highest BCUT2D eigenvalue weighted by Gasteiger charge is 2.21. The number of rotatable bonds is 6. The number of hydrogen-bond donors (Lipinski definition) is 0. The summed E-state index contributed by atoms with van der Waals surface area (Å²) >= 11 is 0. The molecule has 0 bridgehead atoms. The second-order valence-electron chi connectivity index (χ2n) is 7.12. The first-order chi connectivity index (χ1) is 12.7. The fraction of sp³-hybridized carbons (Fsp3) is 0.391. The molecule has 0 amide bonds. The van der Waals surface area contributed by atoms with Crippen molar-refractivity contribution in [3.05, 3.63) is 71.8 Å². The van der Waals surface area contributed by atoms with Gasteiger partial charge in [0.05, 0.1) is 0 Å². The zero-order valence-electron chi connectivity index (χ0n) is 14.9. The van der Waals surface area contributed by atoms with Crippen LogP contribution in [-0.2, 0) is 0 Å². The summed E-state index contributed by atoms with van der Waals surface area (Å²) in [5, 5.41) is 0. The molecule has 0 atom stereocenters. The van der Waals surface area contributed by atoms with Crippen molar-refractivity contribution in [3.8, 4) is 11.1 Å². The molecule has 0 saturated heterocycles. The van der Waals surface area contributed by atoms with Crippen LogP contribution in [0.2, 0.25) is 0 Å². The van der Waals surface area contributed by atoms with Crippen LogP contribution < -0.4 is 0 Å². The smallest absolute Gasteiger partial charge is 0.247 e. The molecule has 0 N–H and O–H groups in total. The summed E-state index contributed by atoms with van der Waals surface area (Å²) in [6.45, 7) is -0.368. The Morgan fingerprint density at radius 3 is 1.92 bits per heavy atom. The maximum absolute atomic E-state index is 12.7. The summed E-state index contributed by atoms with van der Waals surface area (Å²) in [6, 6.07) is 15.0. The van der Waals surface area contributed by atoms with Crippen molar-refractivity contribution in [1.82, 2.24) is 0 Å². The molecule has 0 aliphatic heterocycles. The predicted octanol–water partition coefficient (Wildman–Crippen LogP) is 7.48. The topological polar surface area (TPSA) is 0 Å². The zero-order chi connectivity index (χ0) is 18.4. The molecule has 3 heteroatoms. The van der Waals surface area contributed by atoms with Crippen molar-refractivity contribution in [2.24, 2.45) is 5.92 Å². The molecule has 1 saturated carbocycles. The van der Waals surface area contributed by atoms with E-state index < -0.39 is 6.43 Å². The Morgan fingerprint density at radius 1 is 0.808 bits per heavy atom. The van der Waals surface area contributed by atoms with E-state index >= 15 is 0 Å². The molecular formula is C23H25F3. The summed E-state index contributed by atoms with van der Waals surface area (Å²) in [6.07, 6.45) is 6.89. The second-order valence-corrected chi connectivity index (χ2v) is 7.12. The predicted molar refractivity (Wildman–Crippen MR) is 101 cm³/mol. The molecule has 3 rings (SSSR count). The van der Waals surface area contributed by atoms with E-state index in [0.717, 1.165) is 17.5 Å². The van der Waals surface area contributed by atoms with Gasteiger partial charge in [-0.15, -0.1) is 0 Å². The van der Waals surface area contributed by atoms with E-state index in [2.05, 4.69) is 24.3 Å². The largest absolute Gasteiger partial charge is 0.263 e. The van der Waals surface area contributed by atoms with E-state index in [1.807, 2.05) is 6.08 Å². The highest BCUT2D eigenvalue weighted by molar-refractivity contribution is 5.64. The molecule has 2 aromatic carbocycles. The van der Waals surface area contributed by atoms with E-state index in [1.165, 1.54) is 43.4 Å². The fourth-order valence-electron chi connectivity index (χ4n) is 3.85. The fourth-order valence-corrected chi connectivity index (χ4v) is 3.85. The molecule has 0 aromatic heterocycles. The van der Waals surface area contributed by atoms with Crippen LogP contribution >= 0.6 is 0 Å². The molecule has 1 aliphatic rings. The zero-order valence-corrected chi connectivity index (χ0v) is 14.9. The van der Waals surface area contributed by atoms with E-state index in [1.54, 1.807) is 18.2 Å². The maximum Gasteiger partial charge on any atom is 0.263 e. The Morgan fingerprint density at radius 2 is 1.38 bits per heavy atom. The van der Waals surface area contributed by atoms with E-state index in [-0.39, 0.29) is 12.2 Å². The normalized spacial score (nSPS) is 20.8. The van der Waals surface area contributed by atoms with Gasteiger partial charge in [-0.1, -0.05) is 60.7 Å². The number of benzene rings is 2. The lowest BCUT2D eigenvalue weighted by atomic mass is 9.77. The van der Waals surface area contributed by atoms with Gasteiger partial charge in [-0.2, -0.15) is 0 Å². The molecule has 0 spiro atoms. The molecule has 0 radical (unpaired) electrons. The summed E-state index contributed by atoms with van der Waals surface area (Å²) < 4.78 is 37.4. The van der Waals surface area contributed by atoms with Crippen LogP contribution in [0.1, 0.15) is 55.6 Å². The van der Waals surface area contributed by atoms with Crippen LogP contribution in [0.5, 0.6) is 0 Å². The van der Waals surface area contributed by atoms with Crippen LogP contribution in [0.25, 0.3) is 11.1 Å². The second kappa shape index (κ2) is 9.07. The van der Waals surface area contributed by atoms with Crippen LogP contribution in [0.4, 0.5) is 13.2 Å². The van der Waals surface area contributed by atoms with Gasteiger partial charge in [0.15, 0.2) is 0 Å². The van der Waals surface area contributed by atoms with Crippen LogP contribution in [0.3, 0.4) is 0 Å². The third kappa shape index (κ3) is 4.78. The lowest BCUT2D eigenvalue weighted by Crippen LogP contribution is -2.12. The summed E-state index contributed by atoms with van der Waals surface area (Å²) in [4.78, 5) is 0. The highest BCUT2D eigenvalue weighted by atomic mass is 19.3. The van der Waals surface area contributed by atoms with Gasteiger partial charge >= 0.3 is 0 Å². The summed E-state index contributed by atoms with van der Waals surface area (Å²) in [5.41, 5.74) is 3.43. The SMILES string of the molecule is FC/C=C/CC1CCC(c2ccc(-c3ccc(C(F)F)cc3)cc2)CC1. The standard InChI is InChI=1S/C23H25F3/c24-16-2-1-3-17-4-6-18(7-5-17)19-8-10-20(11-9-19)21-12-14-22(15-13-21)23(25)26/h1-2,8-15,17-18,23H,3-7,16H2/b2-1+. The molecule has 0 heterocycles. The Balaban J connectivity index is 1.59. The van der Waals surface area contributed by atoms with Crippen LogP contribution in [0, 0.1) is 5.92 Å². The van der Waals surface area contributed by atoms with Gasteiger partial charge in [-0.05, 0) is 60.6 Å². The molecule has 2 aromatic rings. The molecule has 1 fully saturated rings. The van der Waals surface area contributed by atoms with Crippen molar-refractivity contribution >= 4 is 0 Å².